The topological polar surface area (TPSA) is 90.7 Å². The zero-order valence-electron chi connectivity index (χ0n) is 20.6. The fourth-order valence-corrected chi connectivity index (χ4v) is 3.86. The number of nitrogens with one attached hydrogen (secondary N) is 1. The third kappa shape index (κ3) is 8.36. The van der Waals surface area contributed by atoms with Gasteiger partial charge in [0.25, 0.3) is 5.69 Å². The van der Waals surface area contributed by atoms with Crippen LogP contribution < -0.4 is 5.32 Å². The van der Waals surface area contributed by atoms with Crippen molar-refractivity contribution >= 4 is 17.9 Å². The molecule has 0 aromatic heterocycles. The van der Waals surface area contributed by atoms with E-state index >= 15 is 0 Å². The molecular formula is C29H32N2O5. The van der Waals surface area contributed by atoms with Gasteiger partial charge in [0.15, 0.2) is 0 Å². The number of ether oxygens (including phenoxy) is 2. The molecule has 3 aromatic rings. The number of amides is 1. The zero-order chi connectivity index (χ0) is 25.8. The molecule has 0 fully saturated rings. The lowest BCUT2D eigenvalue weighted by molar-refractivity contribution is -0.384. The Bertz CT molecular complexity index is 1120. The number of non-ortho nitro benzene ring substituents is 1. The van der Waals surface area contributed by atoms with Crippen molar-refractivity contribution in [3.05, 3.63) is 118 Å². The van der Waals surface area contributed by atoms with Gasteiger partial charge in [0, 0.05) is 24.7 Å². The third-order valence-corrected chi connectivity index (χ3v) is 5.93. The molecule has 3 aromatic carbocycles. The Morgan fingerprint density at radius 2 is 1.61 bits per heavy atom. The molecule has 7 heteroatoms. The first-order valence-corrected chi connectivity index (χ1v) is 12.0. The van der Waals surface area contributed by atoms with Gasteiger partial charge in [-0.25, -0.2) is 4.79 Å². The van der Waals surface area contributed by atoms with E-state index in [1.54, 1.807) is 12.1 Å². The summed E-state index contributed by atoms with van der Waals surface area (Å²) < 4.78 is 11.3. The van der Waals surface area contributed by atoms with Crippen molar-refractivity contribution in [3.63, 3.8) is 0 Å². The Labute approximate surface area is 211 Å². The van der Waals surface area contributed by atoms with E-state index in [1.807, 2.05) is 80.6 Å². The molecule has 1 amide bonds. The highest BCUT2D eigenvalue weighted by Crippen LogP contribution is 2.25. The number of nitro benzene ring substituents is 1. The summed E-state index contributed by atoms with van der Waals surface area (Å²) in [5, 5.41) is 13.9. The lowest BCUT2D eigenvalue weighted by atomic mass is 9.86. The second kappa shape index (κ2) is 13.8. The van der Waals surface area contributed by atoms with Crippen LogP contribution in [0.2, 0.25) is 0 Å². The van der Waals surface area contributed by atoms with Crippen LogP contribution in [-0.2, 0) is 22.5 Å². The maximum absolute atomic E-state index is 12.6. The number of hydrogen-bond donors (Lipinski definition) is 1. The van der Waals surface area contributed by atoms with Gasteiger partial charge in [0.2, 0.25) is 0 Å². The predicted molar refractivity (Wildman–Crippen MR) is 140 cm³/mol. The fourth-order valence-electron chi connectivity index (χ4n) is 3.86. The average molecular weight is 489 g/mol. The summed E-state index contributed by atoms with van der Waals surface area (Å²) in [5.74, 6) is -0.151. The molecular weight excluding hydrogens is 456 g/mol. The molecule has 0 aliphatic carbocycles. The molecule has 0 saturated carbocycles. The van der Waals surface area contributed by atoms with E-state index in [4.69, 9.17) is 9.47 Å². The summed E-state index contributed by atoms with van der Waals surface area (Å²) in [7, 11) is 0. The Morgan fingerprint density at radius 3 is 2.22 bits per heavy atom. The number of carbonyl (C=O) groups excluding carboxylic acids is 1. The SMILES string of the molecule is CCOC(NC(=O)OCc1ccccc1)[C@H](C)[C@@H](/C=C/c1ccccc1)Cc1ccc([N+](=O)[O-])cc1. The van der Waals surface area contributed by atoms with E-state index in [0.717, 1.165) is 16.7 Å². The van der Waals surface area contributed by atoms with Crippen molar-refractivity contribution in [2.24, 2.45) is 11.8 Å². The summed E-state index contributed by atoms with van der Waals surface area (Å²) in [6.07, 6.45) is 3.63. The highest BCUT2D eigenvalue weighted by Gasteiger charge is 2.27. The Hall–Kier alpha value is -3.97. The van der Waals surface area contributed by atoms with Crippen molar-refractivity contribution in [1.82, 2.24) is 5.32 Å². The zero-order valence-corrected chi connectivity index (χ0v) is 20.6. The minimum absolute atomic E-state index is 0.0300. The maximum atomic E-state index is 12.6. The number of rotatable bonds is 12. The maximum Gasteiger partial charge on any atom is 0.409 e. The Balaban J connectivity index is 1.75. The van der Waals surface area contributed by atoms with E-state index in [0.29, 0.717) is 13.0 Å². The lowest BCUT2D eigenvalue weighted by Gasteiger charge is -2.30. The normalized spacial score (nSPS) is 13.6. The van der Waals surface area contributed by atoms with Gasteiger partial charge >= 0.3 is 6.09 Å². The summed E-state index contributed by atoms with van der Waals surface area (Å²) in [4.78, 5) is 23.2. The number of carbonyl (C=O) groups is 1. The van der Waals surface area contributed by atoms with Crippen LogP contribution in [0.5, 0.6) is 0 Å². The van der Waals surface area contributed by atoms with Crippen LogP contribution in [0.3, 0.4) is 0 Å². The number of allylic oxidation sites excluding steroid dienone is 1. The van der Waals surface area contributed by atoms with Gasteiger partial charge in [-0.3, -0.25) is 15.4 Å². The van der Waals surface area contributed by atoms with Gasteiger partial charge in [0.05, 0.1) is 4.92 Å². The smallest absolute Gasteiger partial charge is 0.409 e. The quantitative estimate of drug-likeness (QED) is 0.181. The summed E-state index contributed by atoms with van der Waals surface area (Å²) in [6, 6.07) is 26.0. The lowest BCUT2D eigenvalue weighted by Crippen LogP contribution is -2.44. The number of benzene rings is 3. The van der Waals surface area contributed by atoms with Crippen LogP contribution in [0.25, 0.3) is 6.08 Å². The van der Waals surface area contributed by atoms with Gasteiger partial charge < -0.3 is 9.47 Å². The second-order valence-corrected chi connectivity index (χ2v) is 8.50. The van der Waals surface area contributed by atoms with Crippen LogP contribution >= 0.6 is 0 Å². The molecule has 3 atom stereocenters. The van der Waals surface area contributed by atoms with Crippen LogP contribution in [0.15, 0.2) is 91.0 Å². The van der Waals surface area contributed by atoms with Gasteiger partial charge in [-0.1, -0.05) is 91.9 Å². The molecule has 36 heavy (non-hydrogen) atoms. The van der Waals surface area contributed by atoms with Crippen molar-refractivity contribution < 1.29 is 19.2 Å². The summed E-state index contributed by atoms with van der Waals surface area (Å²) in [6.45, 7) is 4.48. The molecule has 0 aliphatic rings. The van der Waals surface area contributed by atoms with Gasteiger partial charge in [-0.15, -0.1) is 0 Å². The van der Waals surface area contributed by atoms with Crippen LogP contribution in [0.1, 0.15) is 30.5 Å². The van der Waals surface area contributed by atoms with Crippen LogP contribution in [0.4, 0.5) is 10.5 Å². The molecule has 0 bridgehead atoms. The predicted octanol–water partition coefficient (Wildman–Crippen LogP) is 6.39. The summed E-state index contributed by atoms with van der Waals surface area (Å²) in [5.41, 5.74) is 2.97. The van der Waals surface area contributed by atoms with E-state index in [-0.39, 0.29) is 24.1 Å². The van der Waals surface area contributed by atoms with Crippen molar-refractivity contribution in [3.8, 4) is 0 Å². The van der Waals surface area contributed by atoms with Crippen molar-refractivity contribution in [2.45, 2.75) is 33.1 Å². The highest BCUT2D eigenvalue weighted by molar-refractivity contribution is 5.67. The number of alkyl carbamates (subject to hydrolysis) is 1. The van der Waals surface area contributed by atoms with E-state index in [1.165, 1.54) is 12.1 Å². The molecule has 0 heterocycles. The highest BCUT2D eigenvalue weighted by atomic mass is 16.6. The first kappa shape index (κ1) is 26.6. The van der Waals surface area contributed by atoms with Gasteiger partial charge in [-0.05, 0) is 36.0 Å². The fraction of sp³-hybridized carbons (Fsp3) is 0.276. The number of nitrogens with zero attached hydrogens (tertiary/aromatic N) is 1. The van der Waals surface area contributed by atoms with Crippen LogP contribution in [0, 0.1) is 22.0 Å². The first-order chi connectivity index (χ1) is 17.5. The second-order valence-electron chi connectivity index (χ2n) is 8.50. The molecule has 3 rings (SSSR count). The molecule has 1 N–H and O–H groups in total. The van der Waals surface area contributed by atoms with E-state index < -0.39 is 17.2 Å². The molecule has 0 spiro atoms. The summed E-state index contributed by atoms with van der Waals surface area (Å²) >= 11 is 0. The van der Waals surface area contributed by atoms with Crippen molar-refractivity contribution in [2.75, 3.05) is 6.61 Å². The van der Waals surface area contributed by atoms with E-state index in [2.05, 4.69) is 11.4 Å². The standard InChI is InChI=1S/C29H32N2O5/c1-3-35-28(30-29(32)36-21-25-12-8-5-9-13-25)22(2)26(17-14-23-10-6-4-7-11-23)20-24-15-18-27(19-16-24)31(33)34/h4-19,22,26,28H,3,20-21H2,1-2H3,(H,30,32)/b17-14+/t22-,26+,28?/m1/s1. The molecule has 0 saturated heterocycles. The van der Waals surface area contributed by atoms with Gasteiger partial charge in [-0.2, -0.15) is 0 Å². The first-order valence-electron chi connectivity index (χ1n) is 12.0. The molecule has 1 unspecified atom stereocenters. The average Bonchev–Trinajstić information content (AvgIpc) is 2.90. The monoisotopic (exact) mass is 488 g/mol. The largest absolute Gasteiger partial charge is 0.445 e. The molecule has 0 radical (unpaired) electrons. The number of nitro groups is 1. The molecule has 0 aliphatic heterocycles. The molecule has 188 valence electrons. The Morgan fingerprint density at radius 1 is 0.972 bits per heavy atom. The molecule has 7 nitrogen and oxygen atoms in total. The Kier molecular flexibility index (Phi) is 10.2. The third-order valence-electron chi connectivity index (χ3n) is 5.93. The van der Waals surface area contributed by atoms with Crippen molar-refractivity contribution in [1.29, 1.82) is 0 Å². The minimum Gasteiger partial charge on any atom is -0.445 e. The van der Waals surface area contributed by atoms with E-state index in [9.17, 15) is 14.9 Å². The van der Waals surface area contributed by atoms with Crippen LogP contribution in [-0.4, -0.2) is 23.9 Å². The minimum atomic E-state index is -0.582. The number of hydrogen-bond acceptors (Lipinski definition) is 5. The van der Waals surface area contributed by atoms with Gasteiger partial charge in [0.1, 0.15) is 12.8 Å².